The van der Waals surface area contributed by atoms with Crippen LogP contribution in [0, 0.1) is 0 Å². The first kappa shape index (κ1) is 28.0. The Morgan fingerprint density at radius 1 is 1.08 bits per heavy atom. The highest BCUT2D eigenvalue weighted by Crippen LogP contribution is 2.32. The van der Waals surface area contributed by atoms with Crippen molar-refractivity contribution >= 4 is 17.8 Å². The second-order valence-electron chi connectivity index (χ2n) is 8.81. The number of ketones is 1. The molecule has 1 aliphatic heterocycles. The standard InChI is InChI=1S/C23H31NO12/c1-9(22(33)24-16-13(28)7-15(34-8-25)17(29)18(16)30)5-11-3-4-14(12(27)6-11)35-23-20(32)19(31)21(36-23)10(2)26/h3-6,13,15-21,23,25,27-32H,7-8H2,1-2H3,(H,24,33)/b9-5+/t13-,15-,16-,17-,18-,19-,20-,21+,23+/m0/s1. The number of hydrogen-bond donors (Lipinski definition) is 8. The van der Waals surface area contributed by atoms with E-state index in [1.807, 2.05) is 0 Å². The summed E-state index contributed by atoms with van der Waals surface area (Å²) < 4.78 is 15.5. The predicted molar refractivity (Wildman–Crippen MR) is 120 cm³/mol. The molecule has 1 saturated carbocycles. The Morgan fingerprint density at radius 3 is 2.36 bits per heavy atom. The summed E-state index contributed by atoms with van der Waals surface area (Å²) in [4.78, 5) is 24.1. The van der Waals surface area contributed by atoms with Crippen molar-refractivity contribution in [1.29, 1.82) is 0 Å². The summed E-state index contributed by atoms with van der Waals surface area (Å²) in [7, 11) is 0. The Bertz CT molecular complexity index is 984. The highest BCUT2D eigenvalue weighted by molar-refractivity contribution is 5.97. The lowest BCUT2D eigenvalue weighted by Crippen LogP contribution is -2.62. The van der Waals surface area contributed by atoms with Crippen LogP contribution < -0.4 is 10.1 Å². The van der Waals surface area contributed by atoms with E-state index in [1.165, 1.54) is 38.1 Å². The van der Waals surface area contributed by atoms with Crippen molar-refractivity contribution in [3.63, 3.8) is 0 Å². The summed E-state index contributed by atoms with van der Waals surface area (Å²) in [6.45, 7) is 1.95. The minimum atomic E-state index is -1.54. The average molecular weight is 513 g/mol. The molecule has 1 saturated heterocycles. The Kier molecular flexibility index (Phi) is 9.03. The molecule has 1 aromatic carbocycles. The summed E-state index contributed by atoms with van der Waals surface area (Å²) in [6, 6.07) is 2.89. The zero-order valence-corrected chi connectivity index (χ0v) is 19.6. The molecule has 0 unspecified atom stereocenters. The molecule has 0 spiro atoms. The molecular weight excluding hydrogens is 482 g/mol. The van der Waals surface area contributed by atoms with Crippen LogP contribution in [0.1, 0.15) is 25.8 Å². The molecule has 0 radical (unpaired) electrons. The van der Waals surface area contributed by atoms with Crippen molar-refractivity contribution in [2.45, 2.75) is 75.3 Å². The van der Waals surface area contributed by atoms with Crippen LogP contribution in [0.2, 0.25) is 0 Å². The number of nitrogens with one attached hydrogen (secondary N) is 1. The van der Waals surface area contributed by atoms with Gasteiger partial charge in [0, 0.05) is 12.0 Å². The fourth-order valence-corrected chi connectivity index (χ4v) is 4.14. The van der Waals surface area contributed by atoms with Gasteiger partial charge >= 0.3 is 0 Å². The number of phenolic OH excluding ortho intramolecular Hbond substituents is 1. The van der Waals surface area contributed by atoms with Gasteiger partial charge in [-0.1, -0.05) is 6.07 Å². The highest BCUT2D eigenvalue weighted by Gasteiger charge is 2.47. The first-order valence-electron chi connectivity index (χ1n) is 11.2. The summed E-state index contributed by atoms with van der Waals surface area (Å²) in [6.07, 6.45) is -9.58. The van der Waals surface area contributed by atoms with E-state index in [0.717, 1.165) is 0 Å². The van der Waals surface area contributed by atoms with E-state index in [2.05, 4.69) is 5.32 Å². The molecule has 1 aromatic rings. The van der Waals surface area contributed by atoms with Gasteiger partial charge in [-0.25, -0.2) is 0 Å². The highest BCUT2D eigenvalue weighted by atomic mass is 16.7. The molecule has 2 fully saturated rings. The number of rotatable bonds is 8. The van der Waals surface area contributed by atoms with E-state index in [-0.39, 0.29) is 23.5 Å². The van der Waals surface area contributed by atoms with Gasteiger partial charge in [-0.05, 0) is 37.6 Å². The number of aliphatic hydroxyl groups excluding tert-OH is 6. The third kappa shape index (κ3) is 6.02. The summed E-state index contributed by atoms with van der Waals surface area (Å²) in [5.41, 5.74) is 0.524. The number of ether oxygens (including phenoxy) is 3. The quantitative estimate of drug-likeness (QED) is 0.134. The lowest BCUT2D eigenvalue weighted by atomic mass is 9.85. The number of phenols is 1. The van der Waals surface area contributed by atoms with Crippen LogP contribution >= 0.6 is 0 Å². The molecule has 0 aromatic heterocycles. The fourth-order valence-electron chi connectivity index (χ4n) is 4.14. The second-order valence-corrected chi connectivity index (χ2v) is 8.81. The predicted octanol–water partition coefficient (Wildman–Crippen LogP) is -2.48. The molecule has 1 amide bonds. The first-order chi connectivity index (χ1) is 16.9. The van der Waals surface area contributed by atoms with Crippen LogP contribution in [0.5, 0.6) is 11.5 Å². The Morgan fingerprint density at radius 2 is 1.78 bits per heavy atom. The normalized spacial score (nSPS) is 34.9. The summed E-state index contributed by atoms with van der Waals surface area (Å²) >= 11 is 0. The molecule has 8 N–H and O–H groups in total. The SMILES string of the molecule is CC(=O)[C@H]1O[C@@H](Oc2ccc(/C=C(\C)C(=O)N[C@@H]3[C@H](O)[C@@H](O)[C@@H](OCO)C[C@@H]3O)cc2O)[C@@H](O)[C@@H]1O. The number of aliphatic hydroxyl groups is 6. The third-order valence-corrected chi connectivity index (χ3v) is 6.16. The van der Waals surface area contributed by atoms with E-state index in [9.17, 15) is 40.2 Å². The maximum absolute atomic E-state index is 12.6. The first-order valence-corrected chi connectivity index (χ1v) is 11.2. The largest absolute Gasteiger partial charge is 0.504 e. The molecule has 13 heteroatoms. The smallest absolute Gasteiger partial charge is 0.247 e. The molecule has 13 nitrogen and oxygen atoms in total. The molecule has 200 valence electrons. The number of carbonyl (C=O) groups is 2. The molecule has 2 aliphatic rings. The van der Waals surface area contributed by atoms with Crippen LogP contribution in [0.15, 0.2) is 23.8 Å². The van der Waals surface area contributed by atoms with Gasteiger partial charge in [0.1, 0.15) is 37.3 Å². The zero-order valence-electron chi connectivity index (χ0n) is 19.6. The van der Waals surface area contributed by atoms with E-state index >= 15 is 0 Å². The van der Waals surface area contributed by atoms with Gasteiger partial charge in [0.05, 0.1) is 18.2 Å². The van der Waals surface area contributed by atoms with E-state index in [4.69, 9.17) is 19.3 Å². The molecule has 3 rings (SSSR count). The number of Topliss-reactive ketones (excluding diaryl/α,β-unsaturated/α-hetero) is 1. The number of hydrogen-bond acceptors (Lipinski definition) is 12. The molecule has 36 heavy (non-hydrogen) atoms. The van der Waals surface area contributed by atoms with Crippen molar-refractivity contribution in [2.75, 3.05) is 6.79 Å². The van der Waals surface area contributed by atoms with Crippen LogP contribution in [0.3, 0.4) is 0 Å². The Balaban J connectivity index is 1.65. The van der Waals surface area contributed by atoms with E-state index in [0.29, 0.717) is 5.56 Å². The lowest BCUT2D eigenvalue weighted by molar-refractivity contribution is -0.177. The maximum Gasteiger partial charge on any atom is 0.247 e. The van der Waals surface area contributed by atoms with Crippen molar-refractivity contribution in [3.05, 3.63) is 29.3 Å². The molecule has 1 heterocycles. The minimum absolute atomic E-state index is 0.100. The minimum Gasteiger partial charge on any atom is -0.504 e. The average Bonchev–Trinajstić information content (AvgIpc) is 3.10. The molecule has 1 aliphatic carbocycles. The van der Waals surface area contributed by atoms with Crippen LogP contribution in [0.4, 0.5) is 0 Å². The van der Waals surface area contributed by atoms with Crippen molar-refractivity contribution in [3.8, 4) is 11.5 Å². The Hall–Kier alpha value is -2.62. The molecule has 0 bridgehead atoms. The van der Waals surface area contributed by atoms with Gasteiger partial charge in [-0.15, -0.1) is 0 Å². The summed E-state index contributed by atoms with van der Waals surface area (Å²) in [5.74, 6) is -1.62. The van der Waals surface area contributed by atoms with Crippen LogP contribution in [-0.2, 0) is 19.1 Å². The van der Waals surface area contributed by atoms with Gasteiger partial charge in [0.2, 0.25) is 12.2 Å². The molecule has 9 atom stereocenters. The van der Waals surface area contributed by atoms with E-state index in [1.54, 1.807) is 0 Å². The number of carbonyl (C=O) groups excluding carboxylic acids is 2. The van der Waals surface area contributed by atoms with Crippen molar-refractivity contribution in [2.24, 2.45) is 0 Å². The zero-order chi connectivity index (χ0) is 26.7. The Labute approximate surface area is 206 Å². The lowest BCUT2D eigenvalue weighted by Gasteiger charge is -2.40. The van der Waals surface area contributed by atoms with E-state index < -0.39 is 73.5 Å². The third-order valence-electron chi connectivity index (χ3n) is 6.16. The van der Waals surface area contributed by atoms with Gasteiger partial charge in [0.15, 0.2) is 17.3 Å². The second kappa shape index (κ2) is 11.6. The number of aromatic hydroxyl groups is 1. The van der Waals surface area contributed by atoms with Gasteiger partial charge in [0.25, 0.3) is 0 Å². The van der Waals surface area contributed by atoms with Crippen molar-refractivity contribution < 1.29 is 59.5 Å². The van der Waals surface area contributed by atoms with Gasteiger partial charge in [-0.3, -0.25) is 9.59 Å². The maximum atomic E-state index is 12.6. The van der Waals surface area contributed by atoms with Crippen LogP contribution in [-0.4, -0.2) is 109 Å². The summed E-state index contributed by atoms with van der Waals surface area (Å²) in [5, 5.41) is 72.2. The molecular formula is C23H31NO12. The number of amides is 1. The van der Waals surface area contributed by atoms with Gasteiger partial charge < -0.3 is 55.3 Å². The van der Waals surface area contributed by atoms with Crippen molar-refractivity contribution in [1.82, 2.24) is 5.32 Å². The van der Waals surface area contributed by atoms with Crippen LogP contribution in [0.25, 0.3) is 6.08 Å². The monoisotopic (exact) mass is 513 g/mol. The topological polar surface area (TPSA) is 215 Å². The fraction of sp³-hybridized carbons (Fsp3) is 0.565. The van der Waals surface area contributed by atoms with Gasteiger partial charge in [-0.2, -0.15) is 0 Å². The number of benzene rings is 1.